The minimum absolute atomic E-state index is 0.0177. The third-order valence-electron chi connectivity index (χ3n) is 1.31. The van der Waals surface area contributed by atoms with E-state index in [2.05, 4.69) is 16.8 Å². The molecule has 1 rings (SSSR count). The van der Waals surface area contributed by atoms with Crippen LogP contribution in [0.2, 0.25) is 5.15 Å². The van der Waals surface area contributed by atoms with Crippen LogP contribution in [0.1, 0.15) is 12.1 Å². The van der Waals surface area contributed by atoms with Crippen molar-refractivity contribution in [3.05, 3.63) is 23.0 Å². The van der Waals surface area contributed by atoms with E-state index in [0.717, 1.165) is 0 Å². The first-order valence-corrected chi connectivity index (χ1v) is 4.10. The maximum absolute atomic E-state index is 10.3. The molecule has 0 bridgehead atoms. The van der Waals surface area contributed by atoms with Gasteiger partial charge in [0.05, 0.1) is 6.42 Å². The van der Waals surface area contributed by atoms with Gasteiger partial charge in [0.25, 0.3) is 0 Å². The van der Waals surface area contributed by atoms with E-state index in [-0.39, 0.29) is 17.3 Å². The van der Waals surface area contributed by atoms with Crippen LogP contribution in [0.4, 0.5) is 0 Å². The maximum Gasteiger partial charge on any atom is 0.229 e. The number of nitrogens with two attached hydrogens (primary N) is 1. The fourth-order valence-corrected chi connectivity index (χ4v) is 0.872. The molecular weight excluding hydrogens is 204 g/mol. The molecular formula is C9H7ClN2O2. The third kappa shape index (κ3) is 2.96. The summed E-state index contributed by atoms with van der Waals surface area (Å²) in [6, 6.07) is 2.87. The van der Waals surface area contributed by atoms with Crippen molar-refractivity contribution in [3.8, 4) is 17.6 Å². The number of carbonyl (C=O) groups is 1. The highest BCUT2D eigenvalue weighted by Crippen LogP contribution is 2.19. The van der Waals surface area contributed by atoms with E-state index in [1.54, 1.807) is 0 Å². The summed E-state index contributed by atoms with van der Waals surface area (Å²) in [4.78, 5) is 14.1. The first kappa shape index (κ1) is 10.4. The fourth-order valence-electron chi connectivity index (χ4n) is 0.718. The minimum atomic E-state index is -0.498. The lowest BCUT2D eigenvalue weighted by Gasteiger charge is -1.94. The van der Waals surface area contributed by atoms with E-state index in [1.807, 2.05) is 0 Å². The highest BCUT2D eigenvalue weighted by atomic mass is 35.5. The number of halogens is 1. The first-order chi connectivity index (χ1) is 6.59. The van der Waals surface area contributed by atoms with Crippen LogP contribution in [0.25, 0.3) is 0 Å². The molecule has 0 atom stereocenters. The quantitative estimate of drug-likeness (QED) is 0.528. The molecule has 0 saturated heterocycles. The van der Waals surface area contributed by atoms with Crippen LogP contribution in [0.5, 0.6) is 5.75 Å². The Morgan fingerprint density at radius 3 is 2.93 bits per heavy atom. The molecule has 1 heterocycles. The molecule has 14 heavy (non-hydrogen) atoms. The van der Waals surface area contributed by atoms with E-state index in [9.17, 15) is 4.79 Å². The standard InChI is InChI=1S/C9H7ClN2O2/c10-9-7(13)5-4-6(12-9)2-1-3-8(11)14/h4-5,13H,3H2,(H2,11,14). The van der Waals surface area contributed by atoms with Crippen molar-refractivity contribution in [1.82, 2.24) is 4.98 Å². The zero-order chi connectivity index (χ0) is 10.6. The maximum atomic E-state index is 10.3. The van der Waals surface area contributed by atoms with Crippen LogP contribution in [0.3, 0.4) is 0 Å². The van der Waals surface area contributed by atoms with E-state index in [1.165, 1.54) is 12.1 Å². The average molecular weight is 211 g/mol. The van der Waals surface area contributed by atoms with Crippen molar-refractivity contribution < 1.29 is 9.90 Å². The van der Waals surface area contributed by atoms with Gasteiger partial charge in [-0.15, -0.1) is 0 Å². The second kappa shape index (κ2) is 4.49. The number of hydrogen-bond donors (Lipinski definition) is 2. The van der Waals surface area contributed by atoms with Crippen LogP contribution in [-0.2, 0) is 4.79 Å². The predicted octanol–water partition coefficient (Wildman–Crippen LogP) is 0.667. The smallest absolute Gasteiger partial charge is 0.229 e. The molecule has 0 aliphatic rings. The van der Waals surface area contributed by atoms with E-state index < -0.39 is 5.91 Å². The minimum Gasteiger partial charge on any atom is -0.505 e. The number of hydrogen-bond acceptors (Lipinski definition) is 3. The van der Waals surface area contributed by atoms with Crippen molar-refractivity contribution in [3.63, 3.8) is 0 Å². The molecule has 0 fully saturated rings. The predicted molar refractivity (Wildman–Crippen MR) is 51.6 cm³/mol. The summed E-state index contributed by atoms with van der Waals surface area (Å²) >= 11 is 5.53. The van der Waals surface area contributed by atoms with Crippen LogP contribution in [0, 0.1) is 11.8 Å². The van der Waals surface area contributed by atoms with Gasteiger partial charge in [0.15, 0.2) is 10.9 Å². The lowest BCUT2D eigenvalue weighted by atomic mass is 10.3. The Kier molecular flexibility index (Phi) is 3.32. The lowest BCUT2D eigenvalue weighted by Crippen LogP contribution is -2.08. The Balaban J connectivity index is 2.81. The fraction of sp³-hybridized carbons (Fsp3) is 0.111. The van der Waals surface area contributed by atoms with Gasteiger partial charge in [0, 0.05) is 0 Å². The summed E-state index contributed by atoms with van der Waals surface area (Å²) in [5, 5.41) is 9.02. The largest absolute Gasteiger partial charge is 0.505 e. The highest BCUT2D eigenvalue weighted by molar-refractivity contribution is 6.30. The number of carbonyl (C=O) groups excluding carboxylic acids is 1. The monoisotopic (exact) mass is 210 g/mol. The van der Waals surface area contributed by atoms with Gasteiger partial charge in [-0.1, -0.05) is 17.5 Å². The van der Waals surface area contributed by atoms with Crippen LogP contribution < -0.4 is 5.73 Å². The van der Waals surface area contributed by atoms with E-state index >= 15 is 0 Å². The molecule has 0 spiro atoms. The van der Waals surface area contributed by atoms with Gasteiger partial charge in [-0.3, -0.25) is 4.79 Å². The molecule has 1 aromatic rings. The van der Waals surface area contributed by atoms with Crippen molar-refractivity contribution in [2.24, 2.45) is 5.73 Å². The van der Waals surface area contributed by atoms with Crippen molar-refractivity contribution >= 4 is 17.5 Å². The summed E-state index contributed by atoms with van der Waals surface area (Å²) < 4.78 is 0. The normalized spacial score (nSPS) is 8.93. The number of aromatic nitrogens is 1. The molecule has 0 radical (unpaired) electrons. The second-order valence-electron chi connectivity index (χ2n) is 2.45. The second-order valence-corrected chi connectivity index (χ2v) is 2.81. The molecule has 1 amide bonds. The Morgan fingerprint density at radius 1 is 1.64 bits per heavy atom. The summed E-state index contributed by atoms with van der Waals surface area (Å²) in [5.74, 6) is 4.50. The molecule has 0 aromatic carbocycles. The number of aromatic hydroxyl groups is 1. The number of amides is 1. The van der Waals surface area contributed by atoms with Crippen molar-refractivity contribution in [1.29, 1.82) is 0 Å². The van der Waals surface area contributed by atoms with Crippen molar-refractivity contribution in [2.45, 2.75) is 6.42 Å². The van der Waals surface area contributed by atoms with Crippen LogP contribution in [0.15, 0.2) is 12.1 Å². The summed E-state index contributed by atoms with van der Waals surface area (Å²) in [6.07, 6.45) is -0.0276. The van der Waals surface area contributed by atoms with Crippen LogP contribution >= 0.6 is 11.6 Å². The molecule has 0 aliphatic carbocycles. The lowest BCUT2D eigenvalue weighted by molar-refractivity contribution is -0.117. The molecule has 5 heteroatoms. The Labute approximate surface area is 85.7 Å². The average Bonchev–Trinajstić information content (AvgIpc) is 2.10. The molecule has 4 nitrogen and oxygen atoms in total. The number of nitrogens with zero attached hydrogens (tertiary/aromatic N) is 1. The number of primary amides is 1. The van der Waals surface area contributed by atoms with Gasteiger partial charge >= 0.3 is 0 Å². The van der Waals surface area contributed by atoms with Crippen molar-refractivity contribution in [2.75, 3.05) is 0 Å². The summed E-state index contributed by atoms with van der Waals surface area (Å²) in [6.45, 7) is 0. The highest BCUT2D eigenvalue weighted by Gasteiger charge is 1.98. The molecule has 3 N–H and O–H groups in total. The third-order valence-corrected chi connectivity index (χ3v) is 1.59. The Bertz CT molecular complexity index is 421. The van der Waals surface area contributed by atoms with Gasteiger partial charge in [-0.05, 0) is 18.1 Å². The van der Waals surface area contributed by atoms with E-state index in [4.69, 9.17) is 22.4 Å². The topological polar surface area (TPSA) is 76.2 Å². The number of pyridine rings is 1. The molecule has 0 aliphatic heterocycles. The summed E-state index contributed by atoms with van der Waals surface area (Å²) in [7, 11) is 0. The Morgan fingerprint density at radius 2 is 2.36 bits per heavy atom. The first-order valence-electron chi connectivity index (χ1n) is 3.72. The van der Waals surface area contributed by atoms with Gasteiger partial charge in [0.2, 0.25) is 5.91 Å². The molecule has 72 valence electrons. The van der Waals surface area contributed by atoms with Gasteiger partial charge < -0.3 is 10.8 Å². The SMILES string of the molecule is NC(=O)CC#Cc1ccc(O)c(Cl)n1. The van der Waals surface area contributed by atoms with E-state index in [0.29, 0.717) is 5.69 Å². The molecule has 0 saturated carbocycles. The molecule has 1 aromatic heterocycles. The Hall–Kier alpha value is -1.73. The zero-order valence-electron chi connectivity index (χ0n) is 7.12. The summed E-state index contributed by atoms with van der Waals surface area (Å²) in [5.41, 5.74) is 5.27. The van der Waals surface area contributed by atoms with Crippen LogP contribution in [-0.4, -0.2) is 16.0 Å². The molecule has 0 unspecified atom stereocenters. The van der Waals surface area contributed by atoms with Gasteiger partial charge in [0.1, 0.15) is 5.69 Å². The zero-order valence-corrected chi connectivity index (χ0v) is 7.88. The van der Waals surface area contributed by atoms with Gasteiger partial charge in [-0.25, -0.2) is 4.98 Å². The number of rotatable bonds is 1. The van der Waals surface area contributed by atoms with Gasteiger partial charge in [-0.2, -0.15) is 0 Å².